The summed E-state index contributed by atoms with van der Waals surface area (Å²) in [6.45, 7) is 8.13. The molecule has 0 aliphatic rings. The van der Waals surface area contributed by atoms with Crippen molar-refractivity contribution in [3.63, 3.8) is 0 Å². The standard InChI is InChI=1S/C22H25FN6O2/c1-14-26-27-28-29(14)17-9-10-18(23)19(13-17)25-20(30)11-12-24-21(31)15-5-7-16(8-6-15)22(2,3)4/h5-10,13H,11-12H2,1-4H3,(H,24,31)(H,25,30). The molecule has 0 unspecified atom stereocenters. The van der Waals surface area contributed by atoms with Crippen LogP contribution in [0.2, 0.25) is 0 Å². The molecular formula is C22H25FN6O2. The van der Waals surface area contributed by atoms with Crippen molar-refractivity contribution in [2.45, 2.75) is 39.5 Å². The lowest BCUT2D eigenvalue weighted by Gasteiger charge is -2.19. The van der Waals surface area contributed by atoms with Crippen LogP contribution in [0.15, 0.2) is 42.5 Å². The molecule has 31 heavy (non-hydrogen) atoms. The monoisotopic (exact) mass is 424 g/mol. The van der Waals surface area contributed by atoms with E-state index in [2.05, 4.69) is 46.9 Å². The van der Waals surface area contributed by atoms with Crippen LogP contribution in [0.5, 0.6) is 0 Å². The van der Waals surface area contributed by atoms with Gasteiger partial charge in [-0.1, -0.05) is 32.9 Å². The van der Waals surface area contributed by atoms with Gasteiger partial charge in [-0.3, -0.25) is 9.59 Å². The van der Waals surface area contributed by atoms with E-state index in [1.54, 1.807) is 19.1 Å². The van der Waals surface area contributed by atoms with E-state index in [1.165, 1.54) is 22.9 Å². The molecule has 0 spiro atoms. The quantitative estimate of drug-likeness (QED) is 0.633. The third-order valence-electron chi connectivity index (χ3n) is 4.74. The van der Waals surface area contributed by atoms with Crippen molar-refractivity contribution in [1.82, 2.24) is 25.5 Å². The third-order valence-corrected chi connectivity index (χ3v) is 4.74. The number of benzene rings is 2. The van der Waals surface area contributed by atoms with Crippen molar-refractivity contribution in [2.24, 2.45) is 0 Å². The summed E-state index contributed by atoms with van der Waals surface area (Å²) in [6.07, 6.45) is -0.000604. The fourth-order valence-corrected chi connectivity index (χ4v) is 2.94. The van der Waals surface area contributed by atoms with Crippen molar-refractivity contribution in [1.29, 1.82) is 0 Å². The Morgan fingerprint density at radius 2 is 1.81 bits per heavy atom. The lowest BCUT2D eigenvalue weighted by Crippen LogP contribution is -2.28. The molecule has 162 valence electrons. The van der Waals surface area contributed by atoms with Gasteiger partial charge in [0.1, 0.15) is 5.82 Å². The SMILES string of the molecule is Cc1nnnn1-c1ccc(F)c(NC(=O)CCNC(=O)c2ccc(C(C)(C)C)cc2)c1. The Balaban J connectivity index is 1.55. The van der Waals surface area contributed by atoms with Crippen LogP contribution < -0.4 is 10.6 Å². The van der Waals surface area contributed by atoms with E-state index in [1.807, 2.05) is 12.1 Å². The lowest BCUT2D eigenvalue weighted by atomic mass is 9.87. The van der Waals surface area contributed by atoms with E-state index in [0.717, 1.165) is 5.56 Å². The maximum atomic E-state index is 14.1. The van der Waals surface area contributed by atoms with E-state index in [4.69, 9.17) is 0 Å². The van der Waals surface area contributed by atoms with Crippen LogP contribution >= 0.6 is 0 Å². The topological polar surface area (TPSA) is 102 Å². The fraction of sp³-hybridized carbons (Fsp3) is 0.318. The fourth-order valence-electron chi connectivity index (χ4n) is 2.94. The largest absolute Gasteiger partial charge is 0.352 e. The minimum atomic E-state index is -0.578. The molecule has 2 aromatic carbocycles. The number of halogens is 1. The van der Waals surface area contributed by atoms with Gasteiger partial charge in [-0.05, 0) is 58.7 Å². The average molecular weight is 424 g/mol. The number of aromatic nitrogens is 4. The van der Waals surface area contributed by atoms with E-state index in [-0.39, 0.29) is 30.0 Å². The third kappa shape index (κ3) is 5.50. The van der Waals surface area contributed by atoms with E-state index in [9.17, 15) is 14.0 Å². The van der Waals surface area contributed by atoms with Gasteiger partial charge in [-0.15, -0.1) is 5.10 Å². The van der Waals surface area contributed by atoms with Gasteiger partial charge in [-0.2, -0.15) is 4.68 Å². The second-order valence-corrected chi connectivity index (χ2v) is 8.18. The van der Waals surface area contributed by atoms with Gasteiger partial charge in [0.05, 0.1) is 11.4 Å². The number of tetrazole rings is 1. The number of nitrogens with zero attached hydrogens (tertiary/aromatic N) is 4. The molecule has 0 saturated carbocycles. The first-order valence-electron chi connectivity index (χ1n) is 9.88. The van der Waals surface area contributed by atoms with Crippen LogP contribution in [-0.2, 0) is 10.2 Å². The van der Waals surface area contributed by atoms with Crippen molar-refractivity contribution in [3.05, 3.63) is 65.2 Å². The Morgan fingerprint density at radius 3 is 2.42 bits per heavy atom. The van der Waals surface area contributed by atoms with Crippen LogP contribution in [0.4, 0.5) is 10.1 Å². The molecule has 3 rings (SSSR count). The van der Waals surface area contributed by atoms with Crippen molar-refractivity contribution >= 4 is 17.5 Å². The van der Waals surface area contributed by atoms with Crippen molar-refractivity contribution < 1.29 is 14.0 Å². The minimum absolute atomic E-state index is 0.000604. The second-order valence-electron chi connectivity index (χ2n) is 8.18. The normalized spacial score (nSPS) is 11.3. The number of rotatable bonds is 6. The Hall–Kier alpha value is -3.62. The highest BCUT2D eigenvalue weighted by Crippen LogP contribution is 2.22. The van der Waals surface area contributed by atoms with Gasteiger partial charge in [0, 0.05) is 18.5 Å². The Labute approximate surface area is 179 Å². The number of aryl methyl sites for hydroxylation is 1. The molecule has 0 aliphatic heterocycles. The lowest BCUT2D eigenvalue weighted by molar-refractivity contribution is -0.116. The Bertz CT molecular complexity index is 1090. The van der Waals surface area contributed by atoms with Gasteiger partial charge in [0.2, 0.25) is 5.91 Å². The van der Waals surface area contributed by atoms with Gasteiger partial charge in [-0.25, -0.2) is 4.39 Å². The molecule has 2 amide bonds. The zero-order valence-electron chi connectivity index (χ0n) is 17.9. The molecule has 0 atom stereocenters. The summed E-state index contributed by atoms with van der Waals surface area (Å²) < 4.78 is 15.5. The molecule has 1 aromatic heterocycles. The number of hydrogen-bond acceptors (Lipinski definition) is 5. The second kappa shape index (κ2) is 9.03. The summed E-state index contributed by atoms with van der Waals surface area (Å²) in [7, 11) is 0. The summed E-state index contributed by atoms with van der Waals surface area (Å²) in [4.78, 5) is 24.5. The highest BCUT2D eigenvalue weighted by molar-refractivity contribution is 5.95. The highest BCUT2D eigenvalue weighted by atomic mass is 19.1. The molecule has 0 saturated heterocycles. The van der Waals surface area contributed by atoms with Crippen LogP contribution in [0.25, 0.3) is 5.69 Å². The number of hydrogen-bond donors (Lipinski definition) is 2. The van der Waals surface area contributed by atoms with Crippen LogP contribution in [-0.4, -0.2) is 38.6 Å². The van der Waals surface area contributed by atoms with Gasteiger partial charge >= 0.3 is 0 Å². The number of carbonyl (C=O) groups is 2. The van der Waals surface area contributed by atoms with Crippen LogP contribution in [0.1, 0.15) is 48.9 Å². The number of carbonyl (C=O) groups excluding carboxylic acids is 2. The predicted molar refractivity (Wildman–Crippen MR) is 115 cm³/mol. The Kier molecular flexibility index (Phi) is 6.43. The maximum absolute atomic E-state index is 14.1. The molecule has 8 nitrogen and oxygen atoms in total. The Morgan fingerprint density at radius 1 is 1.10 bits per heavy atom. The molecule has 2 N–H and O–H groups in total. The summed E-state index contributed by atoms with van der Waals surface area (Å²) in [5.74, 6) is -0.739. The molecule has 0 aliphatic carbocycles. The van der Waals surface area contributed by atoms with Crippen LogP contribution in [0.3, 0.4) is 0 Å². The first-order chi connectivity index (χ1) is 14.6. The number of nitrogens with one attached hydrogen (secondary N) is 2. The minimum Gasteiger partial charge on any atom is -0.352 e. The maximum Gasteiger partial charge on any atom is 0.251 e. The summed E-state index contributed by atoms with van der Waals surface area (Å²) in [6, 6.07) is 11.6. The number of anilines is 1. The molecule has 1 heterocycles. The molecule has 0 radical (unpaired) electrons. The average Bonchev–Trinajstić information content (AvgIpc) is 3.15. The summed E-state index contributed by atoms with van der Waals surface area (Å²) in [5.41, 5.74) is 2.18. The predicted octanol–water partition coefficient (Wildman–Crippen LogP) is 3.17. The van der Waals surface area contributed by atoms with Crippen molar-refractivity contribution in [3.8, 4) is 5.69 Å². The van der Waals surface area contributed by atoms with E-state index < -0.39 is 11.7 Å². The molecule has 3 aromatic rings. The molecular weight excluding hydrogens is 399 g/mol. The van der Waals surface area contributed by atoms with Gasteiger partial charge < -0.3 is 10.6 Å². The number of amides is 2. The van der Waals surface area contributed by atoms with E-state index >= 15 is 0 Å². The molecule has 9 heteroatoms. The highest BCUT2D eigenvalue weighted by Gasteiger charge is 2.15. The summed E-state index contributed by atoms with van der Waals surface area (Å²) >= 11 is 0. The first kappa shape index (κ1) is 22.1. The van der Waals surface area contributed by atoms with Crippen LogP contribution in [0, 0.1) is 12.7 Å². The zero-order valence-corrected chi connectivity index (χ0v) is 17.9. The van der Waals surface area contributed by atoms with Gasteiger partial charge in [0.25, 0.3) is 5.91 Å². The van der Waals surface area contributed by atoms with Crippen molar-refractivity contribution in [2.75, 3.05) is 11.9 Å². The zero-order chi connectivity index (χ0) is 22.6. The van der Waals surface area contributed by atoms with E-state index in [0.29, 0.717) is 17.1 Å². The molecule has 0 fully saturated rings. The summed E-state index contributed by atoms with van der Waals surface area (Å²) in [5, 5.41) is 16.4. The smallest absolute Gasteiger partial charge is 0.251 e. The van der Waals surface area contributed by atoms with Gasteiger partial charge in [0.15, 0.2) is 5.82 Å². The molecule has 0 bridgehead atoms. The first-order valence-corrected chi connectivity index (χ1v) is 9.88.